The highest BCUT2D eigenvalue weighted by molar-refractivity contribution is 6.09. The summed E-state index contributed by atoms with van der Waals surface area (Å²) < 4.78 is 8.59. The maximum absolute atomic E-state index is 13.2. The molecule has 38 heavy (non-hydrogen) atoms. The average Bonchev–Trinajstić information content (AvgIpc) is 3.42. The third-order valence-corrected chi connectivity index (χ3v) is 7.77. The van der Waals surface area contributed by atoms with Gasteiger partial charge in [0.15, 0.2) is 11.2 Å². The number of nitrogens with zero attached hydrogens (tertiary/aromatic N) is 5. The van der Waals surface area contributed by atoms with E-state index in [0.717, 1.165) is 55.3 Å². The minimum Gasteiger partial charge on any atom is -0.408 e. The summed E-state index contributed by atoms with van der Waals surface area (Å²) in [5.41, 5.74) is 4.83. The summed E-state index contributed by atoms with van der Waals surface area (Å²) in [6.07, 6.45) is 8.78. The van der Waals surface area contributed by atoms with Crippen molar-refractivity contribution in [1.29, 1.82) is 0 Å². The van der Waals surface area contributed by atoms with Crippen molar-refractivity contribution in [2.45, 2.75) is 51.5 Å². The third kappa shape index (κ3) is 4.25. The number of aryl methyl sites for hydroxylation is 3. The third-order valence-electron chi connectivity index (χ3n) is 7.77. The topological polar surface area (TPSA) is 129 Å². The molecule has 4 aromatic heterocycles. The van der Waals surface area contributed by atoms with E-state index in [9.17, 15) is 14.4 Å². The molecule has 1 saturated carbocycles. The molecule has 0 amide bonds. The molecule has 4 heterocycles. The fraction of sp³-hybridized carbons (Fsp3) is 0.357. The molecule has 1 N–H and O–H groups in total. The quantitative estimate of drug-likeness (QED) is 0.342. The van der Waals surface area contributed by atoms with Crippen LogP contribution in [0.2, 0.25) is 0 Å². The highest BCUT2D eigenvalue weighted by atomic mass is 16.4. The van der Waals surface area contributed by atoms with Crippen molar-refractivity contribution in [3.63, 3.8) is 0 Å². The van der Waals surface area contributed by atoms with Gasteiger partial charge in [0.25, 0.3) is 0 Å². The minimum absolute atomic E-state index is 0.0934. The van der Waals surface area contributed by atoms with Gasteiger partial charge in [0.1, 0.15) is 12.0 Å². The lowest BCUT2D eigenvalue weighted by molar-refractivity contribution is 0.103. The smallest absolute Gasteiger partial charge is 0.408 e. The van der Waals surface area contributed by atoms with E-state index in [0.29, 0.717) is 33.9 Å². The van der Waals surface area contributed by atoms with Crippen LogP contribution < -0.4 is 11.4 Å². The fourth-order valence-electron chi connectivity index (χ4n) is 5.81. The molecule has 1 aliphatic rings. The van der Waals surface area contributed by atoms with Crippen LogP contribution in [0.1, 0.15) is 65.5 Å². The Bertz CT molecular complexity index is 1780. The zero-order valence-electron chi connectivity index (χ0n) is 21.3. The summed E-state index contributed by atoms with van der Waals surface area (Å²) in [6, 6.07) is 9.09. The Morgan fingerprint density at radius 1 is 1.11 bits per heavy atom. The molecule has 1 aromatic carbocycles. The number of carbonyl (C=O) groups is 1. The lowest BCUT2D eigenvalue weighted by Crippen LogP contribution is -2.26. The second kappa shape index (κ2) is 9.51. The lowest BCUT2D eigenvalue weighted by Gasteiger charge is -2.29. The van der Waals surface area contributed by atoms with Crippen LogP contribution in [-0.4, -0.2) is 34.9 Å². The molecule has 10 heteroatoms. The van der Waals surface area contributed by atoms with Gasteiger partial charge in [0, 0.05) is 30.5 Å². The van der Waals surface area contributed by atoms with Crippen LogP contribution >= 0.6 is 0 Å². The number of imidazole rings is 1. The van der Waals surface area contributed by atoms with Crippen LogP contribution in [0.5, 0.6) is 0 Å². The fourth-order valence-corrected chi connectivity index (χ4v) is 5.81. The lowest BCUT2D eigenvalue weighted by atomic mass is 9.83. The van der Waals surface area contributed by atoms with Gasteiger partial charge < -0.3 is 4.42 Å². The molecule has 6 rings (SSSR count). The maximum atomic E-state index is 13.2. The van der Waals surface area contributed by atoms with Gasteiger partial charge in [-0.3, -0.25) is 18.9 Å². The molecule has 0 aliphatic heterocycles. The Hall–Kier alpha value is -4.34. The summed E-state index contributed by atoms with van der Waals surface area (Å²) in [5.74, 6) is -0.161. The first-order valence-electron chi connectivity index (χ1n) is 12.9. The van der Waals surface area contributed by atoms with Gasteiger partial charge in [-0.25, -0.2) is 24.5 Å². The number of rotatable bonds is 6. The Kier molecular flexibility index (Phi) is 6.01. The summed E-state index contributed by atoms with van der Waals surface area (Å²) in [5, 5.41) is 0. The van der Waals surface area contributed by atoms with Gasteiger partial charge in [-0.1, -0.05) is 0 Å². The highest BCUT2D eigenvalue weighted by Crippen LogP contribution is 2.35. The molecule has 10 nitrogen and oxygen atoms in total. The highest BCUT2D eigenvalue weighted by Gasteiger charge is 2.25. The summed E-state index contributed by atoms with van der Waals surface area (Å²) in [7, 11) is 1.64. The minimum atomic E-state index is -0.462. The Morgan fingerprint density at radius 2 is 1.92 bits per heavy atom. The first-order valence-corrected chi connectivity index (χ1v) is 12.9. The molecule has 5 aromatic rings. The number of ketones is 1. The number of carbonyl (C=O) groups excluding carboxylic acids is 1. The number of H-pyrrole nitrogens is 1. The van der Waals surface area contributed by atoms with Gasteiger partial charge in [-0.15, -0.1) is 0 Å². The SMILES string of the molecule is Cc1cc(C(=O)c2cc(CCC3CCC(n4c(=O)[nH]c5ncccc54)CC3)ncn2)cc2oc(=O)n(C)c12. The molecule has 194 valence electrons. The molecule has 0 atom stereocenters. The predicted octanol–water partition coefficient (Wildman–Crippen LogP) is 3.86. The van der Waals surface area contributed by atoms with Gasteiger partial charge in [0.05, 0.1) is 11.0 Å². The number of fused-ring (bicyclic) bond motifs is 2. The van der Waals surface area contributed by atoms with Crippen LogP contribution in [0.3, 0.4) is 0 Å². The zero-order valence-corrected chi connectivity index (χ0v) is 21.3. The van der Waals surface area contributed by atoms with Crippen molar-refractivity contribution in [2.75, 3.05) is 0 Å². The van der Waals surface area contributed by atoms with E-state index in [1.807, 2.05) is 23.6 Å². The summed E-state index contributed by atoms with van der Waals surface area (Å²) in [4.78, 5) is 53.4. The van der Waals surface area contributed by atoms with Crippen molar-refractivity contribution in [2.24, 2.45) is 13.0 Å². The molecule has 0 spiro atoms. The molecular formula is C28H28N6O4. The van der Waals surface area contributed by atoms with Crippen molar-refractivity contribution < 1.29 is 9.21 Å². The van der Waals surface area contributed by atoms with E-state index in [1.54, 1.807) is 31.4 Å². The molecule has 0 saturated heterocycles. The molecular weight excluding hydrogens is 484 g/mol. The Balaban J connectivity index is 1.11. The van der Waals surface area contributed by atoms with E-state index < -0.39 is 5.76 Å². The van der Waals surface area contributed by atoms with Crippen LogP contribution in [0.15, 0.2) is 56.9 Å². The largest absolute Gasteiger partial charge is 0.419 e. The molecule has 1 fully saturated rings. The number of hydrogen-bond donors (Lipinski definition) is 1. The van der Waals surface area contributed by atoms with Gasteiger partial charge in [0.2, 0.25) is 5.78 Å². The number of oxazole rings is 1. The van der Waals surface area contributed by atoms with Crippen molar-refractivity contribution in [3.05, 3.63) is 86.4 Å². The van der Waals surface area contributed by atoms with Crippen molar-refractivity contribution in [1.82, 2.24) is 29.1 Å². The number of pyridine rings is 1. The standard InChI is InChI=1S/C28H28N6O4/c1-16-12-18(13-23-24(16)33(2)28(37)38-23)25(35)21-14-19(30-15-31-21)8-5-17-6-9-20(10-7-17)34-22-4-3-11-29-26(22)32-27(34)36/h3-4,11-15,17,20H,5-10H2,1-2H3,(H,29,32,36). The van der Waals surface area contributed by atoms with Crippen molar-refractivity contribution >= 4 is 28.0 Å². The number of aromatic amines is 1. The van der Waals surface area contributed by atoms with Crippen LogP contribution in [0.25, 0.3) is 22.3 Å². The first kappa shape index (κ1) is 24.0. The number of benzene rings is 1. The Morgan fingerprint density at radius 3 is 2.74 bits per heavy atom. The van der Waals surface area contributed by atoms with Crippen LogP contribution in [0.4, 0.5) is 0 Å². The van der Waals surface area contributed by atoms with Gasteiger partial charge in [-0.2, -0.15) is 0 Å². The van der Waals surface area contributed by atoms with E-state index in [1.165, 1.54) is 10.9 Å². The van der Waals surface area contributed by atoms with Gasteiger partial charge >= 0.3 is 11.4 Å². The maximum Gasteiger partial charge on any atom is 0.419 e. The van der Waals surface area contributed by atoms with E-state index in [2.05, 4.69) is 19.9 Å². The molecule has 1 aliphatic carbocycles. The molecule has 0 radical (unpaired) electrons. The van der Waals surface area contributed by atoms with E-state index >= 15 is 0 Å². The first-order chi connectivity index (χ1) is 18.4. The normalized spacial score (nSPS) is 17.8. The number of hydrogen-bond acceptors (Lipinski definition) is 7. The molecule has 0 unspecified atom stereocenters. The average molecular weight is 513 g/mol. The number of nitrogens with one attached hydrogen (secondary N) is 1. The summed E-state index contributed by atoms with van der Waals surface area (Å²) >= 11 is 0. The monoisotopic (exact) mass is 512 g/mol. The van der Waals surface area contributed by atoms with Crippen LogP contribution in [-0.2, 0) is 13.5 Å². The van der Waals surface area contributed by atoms with Crippen molar-refractivity contribution in [3.8, 4) is 0 Å². The summed E-state index contributed by atoms with van der Waals surface area (Å²) in [6.45, 7) is 1.85. The second-order valence-corrected chi connectivity index (χ2v) is 10.2. The van der Waals surface area contributed by atoms with E-state index in [4.69, 9.17) is 4.42 Å². The Labute approximate surface area is 217 Å². The van der Waals surface area contributed by atoms with E-state index in [-0.39, 0.29) is 17.5 Å². The van der Waals surface area contributed by atoms with Crippen LogP contribution in [0, 0.1) is 12.8 Å². The second-order valence-electron chi connectivity index (χ2n) is 10.2. The molecule has 0 bridgehead atoms. The predicted molar refractivity (Wildman–Crippen MR) is 141 cm³/mol. The number of aromatic nitrogens is 6. The zero-order chi connectivity index (χ0) is 26.4. The van der Waals surface area contributed by atoms with Gasteiger partial charge in [-0.05, 0) is 87.3 Å².